The van der Waals surface area contributed by atoms with Crippen LogP contribution in [-0.2, 0) is 10.2 Å². The number of carboxylic acid groups (broad SMARTS) is 1. The molecule has 0 radical (unpaired) electrons. The summed E-state index contributed by atoms with van der Waals surface area (Å²) in [6.45, 7) is 0. The van der Waals surface area contributed by atoms with Gasteiger partial charge in [-0.2, -0.15) is 5.26 Å². The molecule has 0 heterocycles. The van der Waals surface area contributed by atoms with Crippen LogP contribution < -0.4 is 0 Å². The third-order valence-corrected chi connectivity index (χ3v) is 1.76. The van der Waals surface area contributed by atoms with Gasteiger partial charge in [0.25, 0.3) is 0 Å². The molecule has 0 atom stereocenters. The van der Waals surface area contributed by atoms with Crippen molar-refractivity contribution in [2.24, 2.45) is 0 Å². The van der Waals surface area contributed by atoms with Crippen molar-refractivity contribution < 1.29 is 22.6 Å². The maximum Gasteiger partial charge on any atom is 0.542 e. The second-order valence-electron chi connectivity index (χ2n) is 1.35. The van der Waals surface area contributed by atoms with E-state index in [1.54, 1.807) is 0 Å². The average molecular weight is 195 g/mol. The van der Waals surface area contributed by atoms with E-state index in [1.807, 2.05) is 0 Å². The number of hydrogen-bond acceptors (Lipinski definition) is 6. The Morgan fingerprint density at radius 2 is 2.08 bits per heavy atom. The van der Waals surface area contributed by atoms with Crippen LogP contribution in [0.1, 0.15) is 0 Å². The summed E-state index contributed by atoms with van der Waals surface area (Å²) in [5.41, 5.74) is 0. The Hall–Kier alpha value is -1.89. The number of rotatable bonds is 2. The van der Waals surface area contributed by atoms with Gasteiger partial charge in [-0.25, -0.2) is 14.9 Å². The number of nitrogens with zero attached hydrogens (tertiary/aromatic N) is 3. The topological polar surface area (TPSA) is 142 Å². The molecule has 0 aliphatic carbocycles. The molecular formula is C2HN3O6S. The number of nitro groups is 1. The lowest BCUT2D eigenvalue weighted by molar-refractivity contribution is -0.310. The molecule has 66 valence electrons. The fourth-order valence-electron chi connectivity index (χ4n) is 0.260. The molecule has 0 bridgehead atoms. The minimum absolute atomic E-state index is 0.627. The first-order valence-corrected chi connectivity index (χ1v) is 3.56. The third-order valence-electron chi connectivity index (χ3n) is 0.684. The smallest absolute Gasteiger partial charge is 0.463 e. The van der Waals surface area contributed by atoms with Crippen molar-refractivity contribution in [3.05, 3.63) is 10.1 Å². The van der Waals surface area contributed by atoms with Crippen LogP contribution in [0.3, 0.4) is 0 Å². The van der Waals surface area contributed by atoms with Gasteiger partial charge in [-0.15, -0.1) is 8.42 Å². The first kappa shape index (κ1) is 10.1. The summed E-state index contributed by atoms with van der Waals surface area (Å²) >= 11 is 0. The molecule has 1 amide bonds. The normalized spacial score (nSPS) is 9.92. The number of carbonyl (C=O) groups is 1. The van der Waals surface area contributed by atoms with Crippen molar-refractivity contribution >= 4 is 16.3 Å². The van der Waals surface area contributed by atoms with Crippen LogP contribution in [0.25, 0.3) is 0 Å². The number of hydrogen-bond donors (Lipinski definition) is 1. The minimum atomic E-state index is -5.29. The van der Waals surface area contributed by atoms with Crippen molar-refractivity contribution in [1.29, 1.82) is 5.26 Å². The van der Waals surface area contributed by atoms with Crippen molar-refractivity contribution in [2.45, 2.75) is 0 Å². The summed E-state index contributed by atoms with van der Waals surface area (Å²) in [4.78, 5) is 19.6. The molecule has 0 aliphatic heterocycles. The van der Waals surface area contributed by atoms with Gasteiger partial charge in [0.2, 0.25) is 6.19 Å². The van der Waals surface area contributed by atoms with Crippen LogP contribution in [0.5, 0.6) is 0 Å². The van der Waals surface area contributed by atoms with Gasteiger partial charge in [0.15, 0.2) is 4.33 Å². The molecule has 0 saturated heterocycles. The Bertz CT molecular complexity index is 349. The lowest BCUT2D eigenvalue weighted by atomic mass is 11.1. The highest BCUT2D eigenvalue weighted by molar-refractivity contribution is 7.83. The van der Waals surface area contributed by atoms with E-state index in [2.05, 4.69) is 0 Å². The molecule has 0 saturated carbocycles. The van der Waals surface area contributed by atoms with Crippen molar-refractivity contribution in [2.75, 3.05) is 0 Å². The molecule has 0 fully saturated rings. The van der Waals surface area contributed by atoms with Crippen LogP contribution in [0, 0.1) is 21.6 Å². The maximum atomic E-state index is 10.3. The van der Waals surface area contributed by atoms with E-state index in [4.69, 9.17) is 10.4 Å². The van der Waals surface area contributed by atoms with E-state index in [0.29, 0.717) is 6.19 Å². The second kappa shape index (κ2) is 3.01. The monoisotopic (exact) mass is 195 g/mol. The van der Waals surface area contributed by atoms with E-state index in [0.717, 1.165) is 0 Å². The van der Waals surface area contributed by atoms with Crippen molar-refractivity contribution in [3.8, 4) is 6.19 Å². The quantitative estimate of drug-likeness (QED) is 0.257. The predicted octanol–water partition coefficient (Wildman–Crippen LogP) is -1.03. The summed E-state index contributed by atoms with van der Waals surface area (Å²) in [6, 6.07) is 0. The fourth-order valence-corrected chi connectivity index (χ4v) is 0.694. The average Bonchev–Trinajstić information content (AvgIpc) is 1.86. The SMILES string of the molecule is N#CN(C(=O)O)S(=O)(=O)[N+](=O)[O-]. The van der Waals surface area contributed by atoms with Gasteiger partial charge in [-0.05, 0) is 4.31 Å². The highest BCUT2D eigenvalue weighted by Crippen LogP contribution is 1.99. The molecule has 0 aromatic heterocycles. The lowest BCUT2D eigenvalue weighted by Gasteiger charge is -2.00. The van der Waals surface area contributed by atoms with Crippen LogP contribution in [0.4, 0.5) is 4.79 Å². The molecule has 0 aliphatic rings. The fraction of sp³-hybridized carbons (Fsp3) is 0. The number of nitriles is 1. The molecule has 12 heavy (non-hydrogen) atoms. The molecular weight excluding hydrogens is 194 g/mol. The zero-order chi connectivity index (χ0) is 9.94. The van der Waals surface area contributed by atoms with Crippen molar-refractivity contribution in [3.63, 3.8) is 0 Å². The molecule has 0 rings (SSSR count). The van der Waals surface area contributed by atoms with E-state index >= 15 is 0 Å². The van der Waals surface area contributed by atoms with Gasteiger partial charge in [-0.3, -0.25) is 0 Å². The molecule has 9 nitrogen and oxygen atoms in total. The third kappa shape index (κ3) is 1.58. The highest BCUT2D eigenvalue weighted by atomic mass is 32.2. The first-order chi connectivity index (χ1) is 5.34. The Morgan fingerprint density at radius 1 is 1.67 bits per heavy atom. The molecule has 0 aromatic rings. The van der Waals surface area contributed by atoms with E-state index < -0.39 is 24.9 Å². The van der Waals surface area contributed by atoms with Crippen LogP contribution >= 0.6 is 0 Å². The Morgan fingerprint density at radius 3 is 2.17 bits per heavy atom. The largest absolute Gasteiger partial charge is 0.542 e. The molecule has 1 N–H and O–H groups in total. The van der Waals surface area contributed by atoms with Crippen LogP contribution in [-0.4, -0.2) is 28.3 Å². The summed E-state index contributed by atoms with van der Waals surface area (Å²) in [5.74, 6) is 0. The molecule has 0 spiro atoms. The van der Waals surface area contributed by atoms with Gasteiger partial charge in [0, 0.05) is 0 Å². The molecule has 0 aromatic carbocycles. The maximum absolute atomic E-state index is 10.3. The minimum Gasteiger partial charge on any atom is -0.463 e. The molecule has 10 heteroatoms. The lowest BCUT2D eigenvalue weighted by Crippen LogP contribution is -2.35. The van der Waals surface area contributed by atoms with Gasteiger partial charge in [-0.1, -0.05) is 0 Å². The standard InChI is InChI=1S/C2HN3O6S/c3-1-4(2(6)7)12(10,11)5(8)9/h(H,6,7). The van der Waals surface area contributed by atoms with Gasteiger partial charge in [0.1, 0.15) is 0 Å². The Kier molecular flexibility index (Phi) is 2.54. The van der Waals surface area contributed by atoms with E-state index in [9.17, 15) is 23.3 Å². The highest BCUT2D eigenvalue weighted by Gasteiger charge is 2.38. The first-order valence-electron chi connectivity index (χ1n) is 2.16. The van der Waals surface area contributed by atoms with Crippen LogP contribution in [0.15, 0.2) is 0 Å². The Balaban J connectivity index is 5.18. The van der Waals surface area contributed by atoms with Crippen LogP contribution in [0.2, 0.25) is 0 Å². The predicted molar refractivity (Wildman–Crippen MR) is 31.4 cm³/mol. The van der Waals surface area contributed by atoms with Gasteiger partial charge < -0.3 is 5.11 Å². The summed E-state index contributed by atoms with van der Waals surface area (Å²) in [5, 5.41) is 25.6. The van der Waals surface area contributed by atoms with E-state index in [-0.39, 0.29) is 0 Å². The second-order valence-corrected chi connectivity index (χ2v) is 2.91. The van der Waals surface area contributed by atoms with Gasteiger partial charge >= 0.3 is 16.3 Å². The zero-order valence-corrected chi connectivity index (χ0v) is 6.05. The number of amides is 1. The van der Waals surface area contributed by atoms with Crippen molar-refractivity contribution in [1.82, 2.24) is 4.31 Å². The zero-order valence-electron chi connectivity index (χ0n) is 5.24. The van der Waals surface area contributed by atoms with E-state index in [1.165, 1.54) is 0 Å². The molecule has 0 unspecified atom stereocenters. The summed E-state index contributed by atoms with van der Waals surface area (Å²) < 4.78 is 17.8. The summed E-state index contributed by atoms with van der Waals surface area (Å²) in [7, 11) is -5.29. The van der Waals surface area contributed by atoms with Gasteiger partial charge in [0.05, 0.1) is 0 Å². The summed E-state index contributed by atoms with van der Waals surface area (Å²) in [6.07, 6.45) is -1.60. The Labute approximate surface area is 65.8 Å².